The summed E-state index contributed by atoms with van der Waals surface area (Å²) >= 11 is 0. The Bertz CT molecular complexity index is 589. The molecule has 1 aromatic carbocycles. The van der Waals surface area contributed by atoms with E-state index in [1.165, 1.54) is 18.6 Å². The van der Waals surface area contributed by atoms with E-state index in [0.29, 0.717) is 11.8 Å². The van der Waals surface area contributed by atoms with Gasteiger partial charge in [-0.15, -0.1) is 0 Å². The molecule has 0 radical (unpaired) electrons. The standard InChI is InChI=1S/C21H32FN3O/c1-16(2)14-25-11-4-3-5-20(25)21(26)23-13-17-10-12-24(15-17)19-8-6-18(22)7-9-19/h6-9,16-17,20H,3-5,10-15H2,1-2H3,(H,23,26). The number of amides is 1. The molecule has 0 aromatic heterocycles. The third-order valence-electron chi connectivity index (χ3n) is 5.56. The predicted octanol–water partition coefficient (Wildman–Crippen LogP) is 3.28. The molecule has 5 heteroatoms. The zero-order valence-electron chi connectivity index (χ0n) is 16.1. The van der Waals surface area contributed by atoms with Crippen molar-refractivity contribution < 1.29 is 9.18 Å². The van der Waals surface area contributed by atoms with Crippen molar-refractivity contribution in [2.75, 3.05) is 37.6 Å². The minimum Gasteiger partial charge on any atom is -0.371 e. The highest BCUT2D eigenvalue weighted by molar-refractivity contribution is 5.81. The van der Waals surface area contributed by atoms with Crippen LogP contribution in [0.15, 0.2) is 24.3 Å². The van der Waals surface area contributed by atoms with Gasteiger partial charge in [0.25, 0.3) is 0 Å². The number of benzene rings is 1. The summed E-state index contributed by atoms with van der Waals surface area (Å²) in [5.74, 6) is 1.05. The van der Waals surface area contributed by atoms with Crippen LogP contribution in [-0.4, -0.2) is 49.6 Å². The highest BCUT2D eigenvalue weighted by Gasteiger charge is 2.30. The van der Waals surface area contributed by atoms with E-state index in [4.69, 9.17) is 0 Å². The fraction of sp³-hybridized carbons (Fsp3) is 0.667. The number of rotatable bonds is 6. The average Bonchev–Trinajstić information content (AvgIpc) is 3.09. The molecule has 2 aliphatic rings. The van der Waals surface area contributed by atoms with Gasteiger partial charge in [0.15, 0.2) is 0 Å². The van der Waals surface area contributed by atoms with Crippen molar-refractivity contribution in [1.29, 1.82) is 0 Å². The van der Waals surface area contributed by atoms with Gasteiger partial charge < -0.3 is 10.2 Å². The van der Waals surface area contributed by atoms with Crippen molar-refractivity contribution in [1.82, 2.24) is 10.2 Å². The highest BCUT2D eigenvalue weighted by atomic mass is 19.1. The Labute approximate surface area is 156 Å². The van der Waals surface area contributed by atoms with Crippen LogP contribution in [-0.2, 0) is 4.79 Å². The SMILES string of the molecule is CC(C)CN1CCCCC1C(=O)NCC1CCN(c2ccc(F)cc2)C1. The second-order valence-electron chi connectivity index (χ2n) is 8.22. The molecule has 1 amide bonds. The van der Waals surface area contributed by atoms with Crippen LogP contribution in [0.1, 0.15) is 39.5 Å². The molecule has 0 bridgehead atoms. The summed E-state index contributed by atoms with van der Waals surface area (Å²) in [4.78, 5) is 17.4. The smallest absolute Gasteiger partial charge is 0.237 e. The zero-order valence-corrected chi connectivity index (χ0v) is 16.1. The van der Waals surface area contributed by atoms with Crippen LogP contribution in [0.25, 0.3) is 0 Å². The Balaban J connectivity index is 1.47. The number of anilines is 1. The maximum Gasteiger partial charge on any atom is 0.237 e. The van der Waals surface area contributed by atoms with Crippen LogP contribution in [0.2, 0.25) is 0 Å². The first-order valence-corrected chi connectivity index (χ1v) is 10.0. The molecule has 3 rings (SSSR count). The quantitative estimate of drug-likeness (QED) is 0.845. The molecule has 0 aliphatic carbocycles. The van der Waals surface area contributed by atoms with Gasteiger partial charge in [0.2, 0.25) is 5.91 Å². The first kappa shape index (κ1) is 19.2. The summed E-state index contributed by atoms with van der Waals surface area (Å²) in [5, 5.41) is 3.21. The molecule has 4 nitrogen and oxygen atoms in total. The van der Waals surface area contributed by atoms with Crippen molar-refractivity contribution in [2.24, 2.45) is 11.8 Å². The van der Waals surface area contributed by atoms with Gasteiger partial charge in [0.1, 0.15) is 5.82 Å². The molecule has 144 valence electrons. The molecule has 2 unspecified atom stereocenters. The van der Waals surface area contributed by atoms with E-state index in [-0.39, 0.29) is 17.8 Å². The van der Waals surface area contributed by atoms with Crippen LogP contribution in [0, 0.1) is 17.7 Å². The number of carbonyl (C=O) groups is 1. The predicted molar refractivity (Wildman–Crippen MR) is 104 cm³/mol. The first-order chi connectivity index (χ1) is 12.5. The van der Waals surface area contributed by atoms with E-state index in [2.05, 4.69) is 29.0 Å². The van der Waals surface area contributed by atoms with E-state index in [0.717, 1.165) is 57.7 Å². The minimum absolute atomic E-state index is 0.0424. The van der Waals surface area contributed by atoms with Crippen molar-refractivity contribution in [2.45, 2.75) is 45.6 Å². The summed E-state index contributed by atoms with van der Waals surface area (Å²) in [6.45, 7) is 9.10. The second-order valence-corrected chi connectivity index (χ2v) is 8.22. The Kier molecular flexibility index (Phi) is 6.52. The molecule has 2 heterocycles. The number of likely N-dealkylation sites (tertiary alicyclic amines) is 1. The molecule has 2 saturated heterocycles. The largest absolute Gasteiger partial charge is 0.371 e. The van der Waals surface area contributed by atoms with Crippen molar-refractivity contribution in [3.05, 3.63) is 30.1 Å². The monoisotopic (exact) mass is 361 g/mol. The second kappa shape index (κ2) is 8.85. The minimum atomic E-state index is -0.199. The number of nitrogens with one attached hydrogen (secondary N) is 1. The van der Waals surface area contributed by atoms with Crippen LogP contribution < -0.4 is 10.2 Å². The molecule has 2 fully saturated rings. The lowest BCUT2D eigenvalue weighted by molar-refractivity contribution is -0.128. The lowest BCUT2D eigenvalue weighted by Gasteiger charge is -2.35. The molecular weight excluding hydrogens is 329 g/mol. The van der Waals surface area contributed by atoms with E-state index >= 15 is 0 Å². The third-order valence-corrected chi connectivity index (χ3v) is 5.56. The molecule has 1 N–H and O–H groups in total. The Morgan fingerprint density at radius 3 is 2.69 bits per heavy atom. The van der Waals surface area contributed by atoms with E-state index in [9.17, 15) is 9.18 Å². The van der Waals surface area contributed by atoms with E-state index in [1.54, 1.807) is 0 Å². The Hall–Kier alpha value is -1.62. The topological polar surface area (TPSA) is 35.6 Å². The maximum absolute atomic E-state index is 13.1. The normalized spacial score (nSPS) is 24.2. The van der Waals surface area contributed by atoms with Crippen molar-refractivity contribution >= 4 is 11.6 Å². The van der Waals surface area contributed by atoms with E-state index in [1.807, 2.05) is 12.1 Å². The Morgan fingerprint density at radius 1 is 1.19 bits per heavy atom. The number of hydrogen-bond acceptors (Lipinski definition) is 3. The number of piperidine rings is 1. The summed E-state index contributed by atoms with van der Waals surface area (Å²) in [7, 11) is 0. The van der Waals surface area contributed by atoms with Crippen LogP contribution >= 0.6 is 0 Å². The van der Waals surface area contributed by atoms with Crippen molar-refractivity contribution in [3.8, 4) is 0 Å². The van der Waals surface area contributed by atoms with Gasteiger partial charge in [-0.25, -0.2) is 4.39 Å². The number of hydrogen-bond donors (Lipinski definition) is 1. The maximum atomic E-state index is 13.1. The summed E-state index contributed by atoms with van der Waals surface area (Å²) in [6.07, 6.45) is 4.39. The van der Waals surface area contributed by atoms with Crippen LogP contribution in [0.5, 0.6) is 0 Å². The van der Waals surface area contributed by atoms with E-state index < -0.39 is 0 Å². The first-order valence-electron chi connectivity index (χ1n) is 10.0. The molecule has 2 aliphatic heterocycles. The summed E-state index contributed by atoms with van der Waals surface area (Å²) < 4.78 is 13.1. The number of carbonyl (C=O) groups excluding carboxylic acids is 1. The fourth-order valence-corrected chi connectivity index (χ4v) is 4.22. The molecule has 26 heavy (non-hydrogen) atoms. The van der Waals surface area contributed by atoms with Gasteiger partial charge in [-0.1, -0.05) is 20.3 Å². The third kappa shape index (κ3) is 4.97. The lowest BCUT2D eigenvalue weighted by Crippen LogP contribution is -2.51. The van der Waals surface area contributed by atoms with Gasteiger partial charge in [0, 0.05) is 31.9 Å². The van der Waals surface area contributed by atoms with Gasteiger partial charge in [-0.3, -0.25) is 9.69 Å². The zero-order chi connectivity index (χ0) is 18.5. The number of nitrogens with zero attached hydrogens (tertiary/aromatic N) is 2. The van der Waals surface area contributed by atoms with Gasteiger partial charge >= 0.3 is 0 Å². The Morgan fingerprint density at radius 2 is 1.96 bits per heavy atom. The van der Waals surface area contributed by atoms with Gasteiger partial charge in [0.05, 0.1) is 6.04 Å². The average molecular weight is 362 g/mol. The molecule has 0 spiro atoms. The summed E-state index contributed by atoms with van der Waals surface area (Å²) in [5.41, 5.74) is 1.07. The van der Waals surface area contributed by atoms with Crippen LogP contribution in [0.4, 0.5) is 10.1 Å². The van der Waals surface area contributed by atoms with Gasteiger partial charge in [-0.2, -0.15) is 0 Å². The van der Waals surface area contributed by atoms with Crippen LogP contribution in [0.3, 0.4) is 0 Å². The fourth-order valence-electron chi connectivity index (χ4n) is 4.22. The van der Waals surface area contributed by atoms with Crippen molar-refractivity contribution in [3.63, 3.8) is 0 Å². The molecule has 0 saturated carbocycles. The summed E-state index contributed by atoms with van der Waals surface area (Å²) in [6, 6.07) is 6.73. The molecule has 1 aromatic rings. The molecule has 2 atom stereocenters. The lowest BCUT2D eigenvalue weighted by atomic mass is 9.99. The molecular formula is C21H32FN3O. The van der Waals surface area contributed by atoms with Gasteiger partial charge in [-0.05, 0) is 61.9 Å². The highest BCUT2D eigenvalue weighted by Crippen LogP contribution is 2.24. The number of halogens is 1.